The number of carbonyl (C=O) groups is 2. The van der Waals surface area contributed by atoms with E-state index in [0.29, 0.717) is 18.7 Å². The van der Waals surface area contributed by atoms with Crippen molar-refractivity contribution in [2.45, 2.75) is 17.7 Å². The number of hydrogen-bond acceptors (Lipinski definition) is 6. The second-order valence-electron chi connectivity index (χ2n) is 5.70. The molecule has 0 atom stereocenters. The molecule has 1 aliphatic heterocycles. The van der Waals surface area contributed by atoms with Gasteiger partial charge in [0.15, 0.2) is 0 Å². The van der Waals surface area contributed by atoms with E-state index in [4.69, 9.17) is 4.18 Å². The lowest BCUT2D eigenvalue weighted by Gasteiger charge is -2.16. The van der Waals surface area contributed by atoms with E-state index in [1.54, 1.807) is 17.0 Å². The Morgan fingerprint density at radius 2 is 1.69 bits per heavy atom. The minimum Gasteiger partial charge on any atom is -0.465 e. The largest absolute Gasteiger partial charge is 0.465 e. The Kier molecular flexibility index (Phi) is 4.94. The van der Waals surface area contributed by atoms with Crippen molar-refractivity contribution in [3.8, 4) is 5.75 Å². The molecule has 26 heavy (non-hydrogen) atoms. The van der Waals surface area contributed by atoms with Crippen LogP contribution in [0.15, 0.2) is 53.4 Å². The zero-order chi connectivity index (χ0) is 18.7. The number of anilines is 1. The van der Waals surface area contributed by atoms with Crippen molar-refractivity contribution >= 4 is 27.7 Å². The number of hydrogen-bond donors (Lipinski definition) is 0. The Labute approximate surface area is 151 Å². The van der Waals surface area contributed by atoms with Crippen LogP contribution in [-0.4, -0.2) is 33.9 Å². The van der Waals surface area contributed by atoms with Gasteiger partial charge >= 0.3 is 16.1 Å². The van der Waals surface area contributed by atoms with Gasteiger partial charge in [0.25, 0.3) is 0 Å². The fourth-order valence-corrected chi connectivity index (χ4v) is 3.58. The molecular weight excluding hydrogens is 358 g/mol. The molecule has 3 rings (SSSR count). The fraction of sp³-hybridized carbons (Fsp3) is 0.222. The summed E-state index contributed by atoms with van der Waals surface area (Å²) in [6.07, 6.45) is 1.33. The SMILES string of the molecule is COC(=O)c1ccc(S(=O)(=O)Oc2ccc(N3CCCC3=O)cc2)cc1. The van der Waals surface area contributed by atoms with Crippen LogP contribution in [0.5, 0.6) is 5.75 Å². The van der Waals surface area contributed by atoms with E-state index in [0.717, 1.165) is 6.42 Å². The number of nitrogens with zero attached hydrogens (tertiary/aromatic N) is 1. The third kappa shape index (κ3) is 3.70. The molecule has 1 saturated heterocycles. The minimum absolute atomic E-state index is 0.0528. The standard InChI is InChI=1S/C18H17NO6S/c1-24-18(21)13-4-10-16(11-5-13)26(22,23)25-15-8-6-14(7-9-15)19-12-2-3-17(19)20/h4-11H,2-3,12H2,1H3. The van der Waals surface area contributed by atoms with Crippen molar-refractivity contribution in [1.29, 1.82) is 0 Å². The summed E-state index contributed by atoms with van der Waals surface area (Å²) in [6, 6.07) is 11.6. The van der Waals surface area contributed by atoms with Gasteiger partial charge in [-0.15, -0.1) is 0 Å². The fourth-order valence-electron chi connectivity index (χ4n) is 2.65. The summed E-state index contributed by atoms with van der Waals surface area (Å²) >= 11 is 0. The predicted molar refractivity (Wildman–Crippen MR) is 93.6 cm³/mol. The van der Waals surface area contributed by atoms with E-state index in [1.807, 2.05) is 0 Å². The first-order valence-corrected chi connectivity index (χ1v) is 9.35. The van der Waals surface area contributed by atoms with Crippen LogP contribution in [0.4, 0.5) is 5.69 Å². The topological polar surface area (TPSA) is 90.0 Å². The zero-order valence-corrected chi connectivity index (χ0v) is 14.9. The maximum atomic E-state index is 12.3. The molecule has 0 spiro atoms. The molecule has 1 heterocycles. The first-order valence-electron chi connectivity index (χ1n) is 7.94. The molecule has 1 fully saturated rings. The number of methoxy groups -OCH3 is 1. The maximum Gasteiger partial charge on any atom is 0.339 e. The molecule has 0 aliphatic carbocycles. The molecule has 136 valence electrons. The van der Waals surface area contributed by atoms with Crippen LogP contribution < -0.4 is 9.08 Å². The van der Waals surface area contributed by atoms with E-state index in [9.17, 15) is 18.0 Å². The monoisotopic (exact) mass is 375 g/mol. The Balaban J connectivity index is 1.74. The molecule has 0 unspecified atom stereocenters. The van der Waals surface area contributed by atoms with Gasteiger partial charge in [0.05, 0.1) is 12.7 Å². The molecule has 2 aromatic rings. The highest BCUT2D eigenvalue weighted by atomic mass is 32.2. The van der Waals surface area contributed by atoms with Gasteiger partial charge in [0.1, 0.15) is 10.6 Å². The Hall–Kier alpha value is -2.87. The van der Waals surface area contributed by atoms with Gasteiger partial charge in [-0.25, -0.2) is 4.79 Å². The molecule has 8 heteroatoms. The van der Waals surface area contributed by atoms with Crippen LogP contribution in [0.25, 0.3) is 0 Å². The number of benzene rings is 2. The summed E-state index contributed by atoms with van der Waals surface area (Å²) in [5, 5.41) is 0. The second kappa shape index (κ2) is 7.17. The third-order valence-electron chi connectivity index (χ3n) is 3.99. The average Bonchev–Trinajstić information content (AvgIpc) is 3.07. The van der Waals surface area contributed by atoms with E-state index < -0.39 is 16.1 Å². The smallest absolute Gasteiger partial charge is 0.339 e. The van der Waals surface area contributed by atoms with E-state index in [2.05, 4.69) is 4.74 Å². The summed E-state index contributed by atoms with van der Waals surface area (Å²) in [5.41, 5.74) is 0.950. The average molecular weight is 375 g/mol. The number of carbonyl (C=O) groups excluding carboxylic acids is 2. The molecule has 2 aromatic carbocycles. The van der Waals surface area contributed by atoms with E-state index in [1.165, 1.54) is 43.5 Å². The normalized spacial score (nSPS) is 14.3. The highest BCUT2D eigenvalue weighted by Crippen LogP contribution is 2.25. The van der Waals surface area contributed by atoms with Crippen LogP contribution in [0.2, 0.25) is 0 Å². The van der Waals surface area contributed by atoms with Gasteiger partial charge in [-0.2, -0.15) is 8.42 Å². The summed E-state index contributed by atoms with van der Waals surface area (Å²) < 4.78 is 34.4. The van der Waals surface area contributed by atoms with Gasteiger partial charge < -0.3 is 13.8 Å². The van der Waals surface area contributed by atoms with Crippen molar-refractivity contribution < 1.29 is 26.9 Å². The van der Waals surface area contributed by atoms with Gasteiger partial charge in [-0.3, -0.25) is 4.79 Å². The molecule has 0 bridgehead atoms. The Morgan fingerprint density at radius 3 is 2.23 bits per heavy atom. The summed E-state index contributed by atoms with van der Waals surface area (Å²) in [7, 11) is -2.79. The first-order chi connectivity index (χ1) is 12.4. The second-order valence-corrected chi connectivity index (χ2v) is 7.24. The zero-order valence-electron chi connectivity index (χ0n) is 14.0. The summed E-state index contributed by atoms with van der Waals surface area (Å²) in [5.74, 6) is -0.364. The number of ether oxygens (including phenoxy) is 1. The Bertz CT molecular complexity index is 919. The van der Waals surface area contributed by atoms with Gasteiger partial charge in [0, 0.05) is 18.7 Å². The van der Waals surface area contributed by atoms with Crippen molar-refractivity contribution in [2.24, 2.45) is 0 Å². The van der Waals surface area contributed by atoms with Crippen LogP contribution in [0.1, 0.15) is 23.2 Å². The quantitative estimate of drug-likeness (QED) is 0.589. The van der Waals surface area contributed by atoms with Crippen LogP contribution >= 0.6 is 0 Å². The van der Waals surface area contributed by atoms with Gasteiger partial charge in [-0.05, 0) is 55.0 Å². The van der Waals surface area contributed by atoms with E-state index >= 15 is 0 Å². The number of amides is 1. The minimum atomic E-state index is -4.04. The lowest BCUT2D eigenvalue weighted by Crippen LogP contribution is -2.23. The van der Waals surface area contributed by atoms with E-state index in [-0.39, 0.29) is 22.1 Å². The molecule has 1 aliphatic rings. The lowest BCUT2D eigenvalue weighted by atomic mass is 10.2. The summed E-state index contributed by atoms with van der Waals surface area (Å²) in [6.45, 7) is 0.657. The highest BCUT2D eigenvalue weighted by Gasteiger charge is 2.22. The molecule has 0 N–H and O–H groups in total. The predicted octanol–water partition coefficient (Wildman–Crippen LogP) is 2.37. The van der Waals surface area contributed by atoms with Crippen LogP contribution in [0, 0.1) is 0 Å². The molecule has 7 nitrogen and oxygen atoms in total. The maximum absolute atomic E-state index is 12.3. The molecule has 0 saturated carbocycles. The van der Waals surface area contributed by atoms with Crippen LogP contribution in [0.3, 0.4) is 0 Å². The van der Waals surface area contributed by atoms with Gasteiger partial charge in [-0.1, -0.05) is 0 Å². The number of esters is 1. The van der Waals surface area contributed by atoms with Crippen LogP contribution in [-0.2, 0) is 19.6 Å². The lowest BCUT2D eigenvalue weighted by molar-refractivity contribution is -0.117. The molecule has 1 amide bonds. The molecular formula is C18H17NO6S. The highest BCUT2D eigenvalue weighted by molar-refractivity contribution is 7.87. The third-order valence-corrected chi connectivity index (χ3v) is 5.25. The van der Waals surface area contributed by atoms with Crippen molar-refractivity contribution in [1.82, 2.24) is 0 Å². The van der Waals surface area contributed by atoms with Gasteiger partial charge in [0.2, 0.25) is 5.91 Å². The number of rotatable bonds is 5. The first kappa shape index (κ1) is 17.9. The Morgan fingerprint density at radius 1 is 1.04 bits per heavy atom. The van der Waals surface area contributed by atoms with Crippen molar-refractivity contribution in [2.75, 3.05) is 18.6 Å². The van der Waals surface area contributed by atoms with Crippen molar-refractivity contribution in [3.05, 3.63) is 54.1 Å². The molecule has 0 aromatic heterocycles. The molecule has 0 radical (unpaired) electrons. The summed E-state index contributed by atoms with van der Waals surface area (Å²) in [4.78, 5) is 24.7. The van der Waals surface area contributed by atoms with Crippen molar-refractivity contribution in [3.63, 3.8) is 0 Å².